The van der Waals surface area contributed by atoms with Crippen molar-refractivity contribution in [3.63, 3.8) is 0 Å². The van der Waals surface area contributed by atoms with Gasteiger partial charge in [0.15, 0.2) is 5.78 Å². The summed E-state index contributed by atoms with van der Waals surface area (Å²) in [7, 11) is 2.19. The minimum atomic E-state index is -0.980. The molecule has 0 aliphatic heterocycles. The highest BCUT2D eigenvalue weighted by Gasteiger charge is 2.37. The second-order valence-corrected chi connectivity index (χ2v) is 16.8. The van der Waals surface area contributed by atoms with Crippen molar-refractivity contribution >= 4 is 50.6 Å². The summed E-state index contributed by atoms with van der Waals surface area (Å²) >= 11 is 0. The molecule has 0 aromatic heterocycles. The molecule has 274 valence electrons. The first kappa shape index (κ1) is 36.0. The molecule has 8 rings (SSSR count). The van der Waals surface area contributed by atoms with Gasteiger partial charge in [0.25, 0.3) is 0 Å². The fourth-order valence-electron chi connectivity index (χ4n) is 8.84. The number of nitrogens with zero attached hydrogens (tertiary/aromatic N) is 1. The maximum Gasteiger partial charge on any atom is 0.335 e. The summed E-state index contributed by atoms with van der Waals surface area (Å²) in [5, 5.41) is 13.7. The largest absolute Gasteiger partial charge is 0.478 e. The van der Waals surface area contributed by atoms with Crippen molar-refractivity contribution in [2.45, 2.75) is 59.4 Å². The first-order valence-corrected chi connectivity index (χ1v) is 19.2. The van der Waals surface area contributed by atoms with E-state index in [9.17, 15) is 14.7 Å². The van der Waals surface area contributed by atoms with Crippen molar-refractivity contribution < 1.29 is 14.7 Å². The Hall–Kier alpha value is -6.00. The van der Waals surface area contributed by atoms with Crippen LogP contribution in [-0.2, 0) is 12.0 Å². The molecule has 6 aromatic rings. The number of anilines is 1. The monoisotopic (exact) mass is 721 g/mol. The Balaban J connectivity index is 1.33. The number of rotatable bonds is 8. The van der Waals surface area contributed by atoms with E-state index in [0.717, 1.165) is 57.9 Å². The molecule has 6 aromatic carbocycles. The van der Waals surface area contributed by atoms with Crippen molar-refractivity contribution in [3.05, 3.63) is 172 Å². The quantitative estimate of drug-likeness (QED) is 0.126. The zero-order chi connectivity index (χ0) is 38.6. The number of carbonyl (C=O) groups is 2. The van der Waals surface area contributed by atoms with E-state index in [-0.39, 0.29) is 22.2 Å². The molecule has 0 saturated heterocycles. The van der Waals surface area contributed by atoms with E-state index < -0.39 is 5.97 Å². The van der Waals surface area contributed by atoms with E-state index in [0.29, 0.717) is 5.56 Å². The Kier molecular flexibility index (Phi) is 8.96. The Morgan fingerprint density at radius 3 is 2.25 bits per heavy atom. The lowest BCUT2D eigenvalue weighted by molar-refractivity contribution is 0.0696. The molecule has 4 nitrogen and oxygen atoms in total. The highest BCUT2D eigenvalue weighted by Crippen LogP contribution is 2.53. The highest BCUT2D eigenvalue weighted by atomic mass is 16.4. The van der Waals surface area contributed by atoms with E-state index in [1.807, 2.05) is 24.3 Å². The van der Waals surface area contributed by atoms with Crippen molar-refractivity contribution in [1.82, 2.24) is 0 Å². The second-order valence-electron chi connectivity index (χ2n) is 16.8. The molecule has 0 radical (unpaired) electrons. The lowest BCUT2D eigenvalue weighted by Gasteiger charge is -2.41. The molecule has 0 atom stereocenters. The summed E-state index contributed by atoms with van der Waals surface area (Å²) in [5.41, 5.74) is 12.8. The van der Waals surface area contributed by atoms with Crippen molar-refractivity contribution in [2.75, 3.05) is 11.9 Å². The number of fused-ring (bicyclic) bond motifs is 5. The second kappa shape index (κ2) is 13.7. The molecule has 0 spiro atoms. The number of aryl methyl sites for hydroxylation is 1. The van der Waals surface area contributed by atoms with Crippen molar-refractivity contribution in [3.8, 4) is 11.1 Å². The van der Waals surface area contributed by atoms with Crippen LogP contribution in [0.25, 0.3) is 44.3 Å². The van der Waals surface area contributed by atoms with Gasteiger partial charge in [0.05, 0.1) is 5.56 Å². The van der Waals surface area contributed by atoms with E-state index in [1.54, 1.807) is 42.0 Å². The zero-order valence-corrected chi connectivity index (χ0v) is 32.5. The standard InChI is InChI=1S/C51H47NO3/c1-32-11-13-34(14-12-32)31-52(6)44-28-38(27-37-21-23-43-40-25-26-50(2,3)29-39(40)30-51(4,5)48(43)46(37)44)42-22-20-35-9-7-8-10-41(35)47(42)45(53)24-17-33-15-18-36(19-16-33)49(54)55/h7-28H,29-31H2,1-6H3,(H,54,55). The number of hydrogen-bond acceptors (Lipinski definition) is 3. The van der Waals surface area contributed by atoms with E-state index in [4.69, 9.17) is 0 Å². The number of carboxylic acids is 1. The van der Waals surface area contributed by atoms with Crippen LogP contribution in [0, 0.1) is 12.3 Å². The van der Waals surface area contributed by atoms with Crippen LogP contribution in [0.4, 0.5) is 5.69 Å². The molecule has 0 saturated carbocycles. The molecule has 0 bridgehead atoms. The highest BCUT2D eigenvalue weighted by molar-refractivity contribution is 6.19. The predicted octanol–water partition coefficient (Wildman–Crippen LogP) is 12.6. The average molecular weight is 722 g/mol. The lowest BCUT2D eigenvalue weighted by atomic mass is 9.64. The summed E-state index contributed by atoms with van der Waals surface area (Å²) in [6, 6.07) is 36.8. The summed E-state index contributed by atoms with van der Waals surface area (Å²) in [6.45, 7) is 12.3. The van der Waals surface area contributed by atoms with E-state index in [2.05, 4.69) is 119 Å². The lowest BCUT2D eigenvalue weighted by Crippen LogP contribution is -2.28. The normalized spacial score (nSPS) is 15.7. The fraction of sp³-hybridized carbons (Fsp3) is 0.216. The van der Waals surface area contributed by atoms with Crippen LogP contribution in [0.15, 0.2) is 133 Å². The molecule has 0 heterocycles. The van der Waals surface area contributed by atoms with Gasteiger partial charge < -0.3 is 10.0 Å². The molecule has 0 fully saturated rings. The molecular formula is C51H47NO3. The SMILES string of the molecule is Cc1ccc(CN(C)c2cc(-c3ccc4ccccc4c3C(=O)C=Cc3ccc(C(=O)O)cc3)cc3ccc4c(c23)C(C)(C)CC2=C4C=CC(C)(C)C2)cc1. The fourth-order valence-corrected chi connectivity index (χ4v) is 8.84. The van der Waals surface area contributed by atoms with Gasteiger partial charge >= 0.3 is 5.97 Å². The van der Waals surface area contributed by atoms with Gasteiger partial charge in [0.2, 0.25) is 0 Å². The topological polar surface area (TPSA) is 57.6 Å². The minimum absolute atomic E-state index is 0.0898. The first-order chi connectivity index (χ1) is 26.3. The Labute approximate surface area is 324 Å². The summed E-state index contributed by atoms with van der Waals surface area (Å²) in [5.74, 6) is -1.09. The molecule has 1 N–H and O–H groups in total. The molecule has 4 heteroatoms. The Morgan fingerprint density at radius 2 is 1.51 bits per heavy atom. The van der Waals surface area contributed by atoms with Gasteiger partial charge in [-0.2, -0.15) is 0 Å². The van der Waals surface area contributed by atoms with Gasteiger partial charge in [0.1, 0.15) is 0 Å². The van der Waals surface area contributed by atoms with Crippen LogP contribution < -0.4 is 4.90 Å². The van der Waals surface area contributed by atoms with Gasteiger partial charge in [0, 0.05) is 30.2 Å². The van der Waals surface area contributed by atoms with Gasteiger partial charge in [-0.15, -0.1) is 0 Å². The Bertz CT molecular complexity index is 2620. The molecular weight excluding hydrogens is 675 g/mol. The number of hydrogen-bond donors (Lipinski definition) is 1. The predicted molar refractivity (Wildman–Crippen MR) is 229 cm³/mol. The number of carboxylic acid groups (broad SMARTS) is 1. The number of benzene rings is 6. The molecule has 2 aliphatic rings. The average Bonchev–Trinajstić information content (AvgIpc) is 3.16. The number of allylic oxidation sites excluding steroid dienone is 5. The maximum absolute atomic E-state index is 14.4. The van der Waals surface area contributed by atoms with E-state index >= 15 is 0 Å². The first-order valence-electron chi connectivity index (χ1n) is 19.2. The molecule has 0 unspecified atom stereocenters. The third kappa shape index (κ3) is 6.82. The summed E-state index contributed by atoms with van der Waals surface area (Å²) < 4.78 is 0. The van der Waals surface area contributed by atoms with Gasteiger partial charge in [-0.1, -0.05) is 142 Å². The van der Waals surface area contributed by atoms with Crippen LogP contribution in [-0.4, -0.2) is 23.9 Å². The van der Waals surface area contributed by atoms with Gasteiger partial charge in [-0.05, 0) is 116 Å². The smallest absolute Gasteiger partial charge is 0.335 e. The number of ketones is 1. The summed E-state index contributed by atoms with van der Waals surface area (Å²) in [6.07, 6.45) is 10.2. The maximum atomic E-state index is 14.4. The molecule has 0 amide bonds. The van der Waals surface area contributed by atoms with Crippen LogP contribution >= 0.6 is 0 Å². The summed E-state index contributed by atoms with van der Waals surface area (Å²) in [4.78, 5) is 28.2. The minimum Gasteiger partial charge on any atom is -0.478 e. The Morgan fingerprint density at radius 1 is 0.800 bits per heavy atom. The van der Waals surface area contributed by atoms with Crippen LogP contribution in [0.2, 0.25) is 0 Å². The van der Waals surface area contributed by atoms with Gasteiger partial charge in [-0.25, -0.2) is 4.79 Å². The van der Waals surface area contributed by atoms with Gasteiger partial charge in [-0.3, -0.25) is 4.79 Å². The number of carbonyl (C=O) groups excluding carboxylic acids is 1. The third-order valence-electron chi connectivity index (χ3n) is 11.5. The van der Waals surface area contributed by atoms with E-state index in [1.165, 1.54) is 33.2 Å². The molecule has 55 heavy (non-hydrogen) atoms. The van der Waals surface area contributed by atoms with Crippen molar-refractivity contribution in [1.29, 1.82) is 0 Å². The van der Waals surface area contributed by atoms with Crippen LogP contribution in [0.3, 0.4) is 0 Å². The van der Waals surface area contributed by atoms with Crippen LogP contribution in [0.1, 0.15) is 89.1 Å². The third-order valence-corrected chi connectivity index (χ3v) is 11.5. The zero-order valence-electron chi connectivity index (χ0n) is 32.5. The van der Waals surface area contributed by atoms with Crippen LogP contribution in [0.5, 0.6) is 0 Å². The van der Waals surface area contributed by atoms with Crippen molar-refractivity contribution in [2.24, 2.45) is 5.41 Å². The number of aromatic carboxylic acids is 1. The molecule has 2 aliphatic carbocycles.